The van der Waals surface area contributed by atoms with Gasteiger partial charge < -0.3 is 0 Å². The van der Waals surface area contributed by atoms with E-state index in [9.17, 15) is 4.79 Å². The molecule has 14 heavy (non-hydrogen) atoms. The van der Waals surface area contributed by atoms with Crippen LogP contribution in [0.25, 0.3) is 0 Å². The third-order valence-corrected chi connectivity index (χ3v) is 8.28. The Hall–Kier alpha value is 0.677. The zero-order chi connectivity index (χ0) is 10.5. The zero-order valence-corrected chi connectivity index (χ0v) is 14.5. The van der Waals surface area contributed by atoms with Gasteiger partial charge in [0, 0.05) is 0 Å². The molecule has 5 heteroatoms. The molecular formula is C9H9NOSW2. The molecule has 2 heterocycles. The molecule has 0 aromatic rings. The maximum atomic E-state index is 12.0. The van der Waals surface area contributed by atoms with Crippen molar-refractivity contribution in [3.63, 3.8) is 0 Å². The van der Waals surface area contributed by atoms with Gasteiger partial charge >= 0.3 is 110 Å². The van der Waals surface area contributed by atoms with Gasteiger partial charge in [-0.1, -0.05) is 0 Å². The van der Waals surface area contributed by atoms with Gasteiger partial charge in [-0.15, -0.1) is 0 Å². The molecule has 0 amide bonds. The predicted octanol–water partition coefficient (Wildman–Crippen LogP) is 0.839. The van der Waals surface area contributed by atoms with Crippen molar-refractivity contribution in [2.24, 2.45) is 5.92 Å². The van der Waals surface area contributed by atoms with E-state index in [-0.39, 0.29) is 0 Å². The summed E-state index contributed by atoms with van der Waals surface area (Å²) in [7, 11) is 0. The summed E-state index contributed by atoms with van der Waals surface area (Å²) >= 11 is 4.53. The van der Waals surface area contributed by atoms with Crippen LogP contribution in [0.1, 0.15) is 13.8 Å². The van der Waals surface area contributed by atoms with Crippen molar-refractivity contribution in [2.75, 3.05) is 5.88 Å². The molecule has 2 aliphatic heterocycles. The quantitative estimate of drug-likeness (QED) is 0.486. The third kappa shape index (κ3) is 1.52. The molecule has 0 spiro atoms. The van der Waals surface area contributed by atoms with E-state index in [1.165, 1.54) is 47.8 Å². The molecule has 1 saturated heterocycles. The van der Waals surface area contributed by atoms with E-state index in [0.717, 1.165) is 15.3 Å². The van der Waals surface area contributed by atoms with Gasteiger partial charge in [0.25, 0.3) is 0 Å². The van der Waals surface area contributed by atoms with Crippen LogP contribution in [-0.4, -0.2) is 24.5 Å². The second kappa shape index (κ2) is 3.92. The number of thioether (sulfide) groups is 1. The fraction of sp³-hybridized carbons (Fsp3) is 0.444. The molecule has 2 aliphatic rings. The fourth-order valence-corrected chi connectivity index (χ4v) is 4.84. The van der Waals surface area contributed by atoms with E-state index in [0.29, 0.717) is 11.7 Å². The van der Waals surface area contributed by atoms with E-state index < -0.39 is 0 Å². The van der Waals surface area contributed by atoms with Gasteiger partial charge in [0.1, 0.15) is 0 Å². The second-order valence-electron chi connectivity index (χ2n) is 3.54. The Labute approximate surface area is 109 Å². The monoisotopic (exact) mass is 547 g/mol. The molecule has 0 N–H and O–H groups in total. The molecule has 0 aromatic carbocycles. The molecule has 74 valence electrons. The van der Waals surface area contributed by atoms with E-state index in [4.69, 9.17) is 0 Å². The van der Waals surface area contributed by atoms with Crippen molar-refractivity contribution in [3.05, 3.63) is 10.6 Å². The average Bonchev–Trinajstić information content (AvgIpc) is 2.07. The molecule has 1 fully saturated rings. The number of fused-ring (bicyclic) bond motifs is 1. The van der Waals surface area contributed by atoms with Crippen molar-refractivity contribution >= 4 is 25.5 Å². The second-order valence-corrected chi connectivity index (χ2v) is 7.33. The Morgan fingerprint density at radius 2 is 2.07 bits per heavy atom. The van der Waals surface area contributed by atoms with Gasteiger partial charge in [-0.3, -0.25) is 0 Å². The summed E-state index contributed by atoms with van der Waals surface area (Å²) < 4.78 is 2.29. The van der Waals surface area contributed by atoms with Gasteiger partial charge in [-0.2, -0.15) is 0 Å². The van der Waals surface area contributed by atoms with E-state index in [1.54, 1.807) is 0 Å². The summed E-state index contributed by atoms with van der Waals surface area (Å²) in [5.74, 6) is 1.69. The summed E-state index contributed by atoms with van der Waals surface area (Å²) in [6, 6.07) is 0. The summed E-state index contributed by atoms with van der Waals surface area (Å²) in [5, 5.41) is 1.22. The van der Waals surface area contributed by atoms with Gasteiger partial charge in [0.2, 0.25) is 0 Å². The molecule has 0 aliphatic carbocycles. The normalized spacial score (nSPS) is 21.6. The van der Waals surface area contributed by atoms with Crippen LogP contribution in [0, 0.1) is 5.92 Å². The fourth-order valence-electron chi connectivity index (χ4n) is 1.52. The third-order valence-electron chi connectivity index (χ3n) is 2.27. The van der Waals surface area contributed by atoms with E-state index >= 15 is 0 Å². The van der Waals surface area contributed by atoms with E-state index in [2.05, 4.69) is 18.7 Å². The maximum absolute atomic E-state index is 12.0. The van der Waals surface area contributed by atoms with Crippen LogP contribution < -0.4 is 0 Å². The van der Waals surface area contributed by atoms with Gasteiger partial charge in [-0.05, 0) is 0 Å². The molecular weight excluding hydrogens is 538 g/mol. The first kappa shape index (κ1) is 11.2. The number of rotatable bonds is 1. The summed E-state index contributed by atoms with van der Waals surface area (Å²) in [4.78, 5) is 14.4. The van der Waals surface area contributed by atoms with Crippen LogP contribution in [-0.2, 0) is 43.5 Å². The molecule has 0 bridgehead atoms. The minimum atomic E-state index is 0.304. The number of ketones is 1. The molecule has 0 unspecified atom stereocenters. The number of hydrogen-bond donors (Lipinski definition) is 0. The van der Waals surface area contributed by atoms with Crippen LogP contribution in [0.15, 0.2) is 10.6 Å². The SMILES string of the molecule is CC(C)C1=C2SCN2[C](=[W])[C](=[W])C1=O. The topological polar surface area (TPSA) is 20.3 Å². The molecule has 0 aromatic heterocycles. The zero-order valence-electron chi connectivity index (χ0n) is 7.86. The number of Topliss-reactive ketones (excluding diaryl/α,β-unsaturated/α-hetero) is 1. The summed E-state index contributed by atoms with van der Waals surface area (Å²) in [6.45, 7) is 4.21. The Balaban J connectivity index is 2.51. The minimum absolute atomic E-state index is 0.304. The Bertz CT molecular complexity index is 386. The van der Waals surface area contributed by atoms with Crippen molar-refractivity contribution in [2.45, 2.75) is 13.8 Å². The van der Waals surface area contributed by atoms with Crippen molar-refractivity contribution in [1.29, 1.82) is 0 Å². The summed E-state index contributed by atoms with van der Waals surface area (Å²) in [5.41, 5.74) is 1.04. The van der Waals surface area contributed by atoms with Crippen molar-refractivity contribution in [1.82, 2.24) is 4.90 Å². The van der Waals surface area contributed by atoms with E-state index in [1.807, 2.05) is 11.8 Å². The Morgan fingerprint density at radius 3 is 2.50 bits per heavy atom. The van der Waals surface area contributed by atoms with Crippen LogP contribution in [0.2, 0.25) is 0 Å². The Kier molecular flexibility index (Phi) is 3.13. The Morgan fingerprint density at radius 1 is 1.43 bits per heavy atom. The van der Waals surface area contributed by atoms with Crippen molar-refractivity contribution in [3.8, 4) is 0 Å². The van der Waals surface area contributed by atoms with Crippen LogP contribution in [0.3, 0.4) is 0 Å². The van der Waals surface area contributed by atoms with Gasteiger partial charge in [0.15, 0.2) is 0 Å². The van der Waals surface area contributed by atoms with Gasteiger partial charge in [0.05, 0.1) is 0 Å². The van der Waals surface area contributed by atoms with Crippen LogP contribution >= 0.6 is 11.8 Å². The number of allylic oxidation sites excluding steroid dienone is 1. The first-order chi connectivity index (χ1) is 6.54. The molecule has 0 atom stereocenters. The van der Waals surface area contributed by atoms with Crippen molar-refractivity contribution < 1.29 is 43.5 Å². The molecule has 2 rings (SSSR count). The van der Waals surface area contributed by atoms with Crippen LogP contribution in [0.5, 0.6) is 0 Å². The average molecular weight is 547 g/mol. The predicted molar refractivity (Wildman–Crippen MR) is 51.2 cm³/mol. The van der Waals surface area contributed by atoms with Gasteiger partial charge in [-0.25, -0.2) is 0 Å². The number of hydrogen-bond acceptors (Lipinski definition) is 3. The van der Waals surface area contributed by atoms with Crippen LogP contribution in [0.4, 0.5) is 0 Å². The number of carbonyl (C=O) groups is 1. The standard InChI is InChI=1S/C9H9NOS.2W/c1-6(2)8-7(11)3-4-10-5-12-9(8)10;;/h6H,5H2,1-2H3;;. The molecule has 0 saturated carbocycles. The molecule has 0 radical (unpaired) electrons. The number of nitrogens with zero attached hydrogens (tertiary/aromatic N) is 1. The molecule has 2 nitrogen and oxygen atoms in total. The first-order valence-corrected chi connectivity index (χ1v) is 8.23. The number of carbonyl (C=O) groups excluding carboxylic acids is 1. The summed E-state index contributed by atoms with van der Waals surface area (Å²) in [6.07, 6.45) is 0. The first-order valence-electron chi connectivity index (χ1n) is 4.31.